The average Bonchev–Trinajstić information content (AvgIpc) is 3.59. The molecular weight excluding hydrogens is 735 g/mol. The topological polar surface area (TPSA) is 366 Å². The molecule has 0 aliphatic carbocycles. The molecular formula is C23H30N9O15P3-4. The number of carbonyl (C=O) groups excluding carboxylic acids is 1. The molecule has 1 saturated heterocycles. The van der Waals surface area contributed by atoms with Gasteiger partial charge in [0.25, 0.3) is 21.2 Å². The van der Waals surface area contributed by atoms with Crippen molar-refractivity contribution in [2.75, 3.05) is 31.6 Å². The fraction of sp³-hybridized carbons (Fsp3) is 0.478. The number of rotatable bonds is 18. The number of nitrogens with two attached hydrogens (primary N) is 1. The van der Waals surface area contributed by atoms with Crippen molar-refractivity contribution >= 4 is 52.4 Å². The van der Waals surface area contributed by atoms with Crippen molar-refractivity contribution in [1.29, 1.82) is 0 Å². The number of aliphatic hydroxyl groups is 1. The van der Waals surface area contributed by atoms with E-state index in [4.69, 9.17) is 10.5 Å². The third-order valence-corrected chi connectivity index (χ3v) is 10.4. The monoisotopic (exact) mass is 765 g/mol. The number of aliphatic hydroxyl groups excluding tert-OH is 1. The standard InChI is InChI=1S/C23H34N9O15P3/c24-5-1-2-8-31-13-29-19-20(27-12-28-21(19)31)26-7-6-25-17(34)4-3-14-10-32(23(36)30-22(14)35)18-9-15(33)16(45-18)11-44-49(40,41)47-50(42,43)46-48(37,38)39/h3-4,10,12-13,15-16,18,33H,1-2,5-9,11,24H2,(H,25,34)(H,40,41)(H,42,43)(H,26,27,28)(H,30,35,36)(H2,37,38,39)/p-4/b4-3+. The van der Waals surface area contributed by atoms with Gasteiger partial charge in [0.05, 0.1) is 32.4 Å². The zero-order chi connectivity index (χ0) is 36.7. The highest BCUT2D eigenvalue weighted by molar-refractivity contribution is 7.64. The minimum Gasteiger partial charge on any atom is -0.790 e. The van der Waals surface area contributed by atoms with Crippen molar-refractivity contribution in [3.63, 3.8) is 0 Å². The summed E-state index contributed by atoms with van der Waals surface area (Å²) in [5, 5.41) is 16.0. The number of amides is 1. The number of ether oxygens (including phenoxy) is 1. The summed E-state index contributed by atoms with van der Waals surface area (Å²) in [4.78, 5) is 96.1. The van der Waals surface area contributed by atoms with Crippen LogP contribution in [-0.4, -0.2) is 78.5 Å². The molecule has 4 heterocycles. The number of aromatic nitrogens is 6. The normalized spacial score (nSPS) is 20.6. The Bertz CT molecular complexity index is 1960. The van der Waals surface area contributed by atoms with Crippen molar-refractivity contribution < 1.29 is 61.1 Å². The fourth-order valence-electron chi connectivity index (χ4n) is 4.51. The number of phosphoric acid groups is 3. The van der Waals surface area contributed by atoms with Gasteiger partial charge in [-0.1, -0.05) is 0 Å². The van der Waals surface area contributed by atoms with E-state index in [9.17, 15) is 52.8 Å². The summed E-state index contributed by atoms with van der Waals surface area (Å²) in [5.41, 5.74) is 4.68. The van der Waals surface area contributed by atoms with Gasteiger partial charge < -0.3 is 59.4 Å². The van der Waals surface area contributed by atoms with Crippen molar-refractivity contribution in [2.45, 2.75) is 44.2 Å². The molecule has 4 rings (SSSR count). The average molecular weight is 765 g/mol. The maximum Gasteiger partial charge on any atom is 0.330 e. The quantitative estimate of drug-likeness (QED) is 0.0469. The number of nitrogens with one attached hydrogen (secondary N) is 3. The number of phosphoric ester groups is 1. The Morgan fingerprint density at radius 1 is 1.12 bits per heavy atom. The highest BCUT2D eigenvalue weighted by Crippen LogP contribution is 2.60. The molecule has 0 radical (unpaired) electrons. The van der Waals surface area contributed by atoms with Crippen LogP contribution in [0.1, 0.15) is 31.1 Å². The Kier molecular flexibility index (Phi) is 13.1. The lowest BCUT2D eigenvalue weighted by Gasteiger charge is -2.37. The zero-order valence-corrected chi connectivity index (χ0v) is 28.3. The maximum atomic E-state index is 12.5. The molecule has 27 heteroatoms. The molecule has 6 N–H and O–H groups in total. The van der Waals surface area contributed by atoms with Gasteiger partial charge in [0.2, 0.25) is 5.91 Å². The molecule has 5 atom stereocenters. The molecule has 276 valence electrons. The predicted molar refractivity (Wildman–Crippen MR) is 161 cm³/mol. The third-order valence-electron chi connectivity index (χ3n) is 6.69. The van der Waals surface area contributed by atoms with Crippen molar-refractivity contribution in [2.24, 2.45) is 5.73 Å². The van der Waals surface area contributed by atoms with Crippen molar-refractivity contribution in [3.05, 3.63) is 51.3 Å². The van der Waals surface area contributed by atoms with E-state index in [2.05, 4.69) is 38.7 Å². The molecule has 5 unspecified atom stereocenters. The number of unbranched alkanes of at least 4 members (excludes halogenated alkanes) is 1. The van der Waals surface area contributed by atoms with Crippen LogP contribution in [0.4, 0.5) is 5.82 Å². The van der Waals surface area contributed by atoms with E-state index in [-0.39, 0.29) is 25.1 Å². The lowest BCUT2D eigenvalue weighted by Crippen LogP contribution is -2.33. The van der Waals surface area contributed by atoms with Gasteiger partial charge in [0.15, 0.2) is 11.5 Å². The minimum atomic E-state index is -6.21. The number of imidazole rings is 1. The lowest BCUT2D eigenvalue weighted by molar-refractivity contribution is -0.339. The zero-order valence-electron chi connectivity index (χ0n) is 25.6. The molecule has 3 aromatic rings. The Labute approximate surface area is 280 Å². The van der Waals surface area contributed by atoms with Gasteiger partial charge in [-0.15, -0.1) is 0 Å². The molecule has 1 aliphatic rings. The van der Waals surface area contributed by atoms with E-state index in [1.54, 1.807) is 6.33 Å². The Hall–Kier alpha value is -3.47. The number of aromatic amines is 1. The number of hydrogen-bond donors (Lipinski definition) is 5. The van der Waals surface area contributed by atoms with E-state index >= 15 is 0 Å². The number of anilines is 1. The summed E-state index contributed by atoms with van der Waals surface area (Å²) in [6, 6.07) is 0. The van der Waals surface area contributed by atoms with Crippen LogP contribution in [0.15, 0.2) is 34.5 Å². The first-order valence-corrected chi connectivity index (χ1v) is 18.8. The van der Waals surface area contributed by atoms with Crippen LogP contribution < -0.4 is 47.2 Å². The van der Waals surface area contributed by atoms with Gasteiger partial charge in [0, 0.05) is 38.3 Å². The Balaban J connectivity index is 1.30. The first-order chi connectivity index (χ1) is 23.5. The van der Waals surface area contributed by atoms with Crippen LogP contribution in [0.25, 0.3) is 17.2 Å². The highest BCUT2D eigenvalue weighted by Gasteiger charge is 2.37. The summed E-state index contributed by atoms with van der Waals surface area (Å²) in [5.74, 6) is -0.137. The van der Waals surface area contributed by atoms with Gasteiger partial charge in [-0.05, 0) is 25.5 Å². The van der Waals surface area contributed by atoms with E-state index in [1.165, 1.54) is 6.33 Å². The number of hydrogen-bond acceptors (Lipinski definition) is 20. The smallest absolute Gasteiger partial charge is 0.330 e. The summed E-state index contributed by atoms with van der Waals surface area (Å²) in [6.07, 6.45) is 3.21. The molecule has 0 saturated carbocycles. The number of H-pyrrole nitrogens is 1. The maximum absolute atomic E-state index is 12.5. The summed E-state index contributed by atoms with van der Waals surface area (Å²) < 4.78 is 52.5. The molecule has 0 aromatic carbocycles. The van der Waals surface area contributed by atoms with Gasteiger partial charge >= 0.3 is 5.69 Å². The Morgan fingerprint density at radius 3 is 2.60 bits per heavy atom. The van der Waals surface area contributed by atoms with Crippen LogP contribution in [-0.2, 0) is 42.9 Å². The van der Waals surface area contributed by atoms with E-state index in [0.29, 0.717) is 30.1 Å². The van der Waals surface area contributed by atoms with Gasteiger partial charge in [-0.3, -0.25) is 32.6 Å². The molecule has 50 heavy (non-hydrogen) atoms. The molecule has 1 amide bonds. The number of nitrogens with zero attached hydrogens (tertiary/aromatic N) is 5. The van der Waals surface area contributed by atoms with Crippen LogP contribution in [0.5, 0.6) is 0 Å². The number of carbonyl (C=O) groups is 1. The molecule has 1 aliphatic heterocycles. The van der Waals surface area contributed by atoms with Crippen LogP contribution >= 0.6 is 23.5 Å². The fourth-order valence-corrected chi connectivity index (χ4v) is 7.37. The molecule has 3 aromatic heterocycles. The van der Waals surface area contributed by atoms with Gasteiger partial charge in [-0.2, -0.15) is 0 Å². The molecule has 0 bridgehead atoms. The van der Waals surface area contributed by atoms with E-state index in [1.807, 2.05) is 9.55 Å². The largest absolute Gasteiger partial charge is 0.790 e. The van der Waals surface area contributed by atoms with Crippen LogP contribution in [0, 0.1) is 0 Å². The molecule has 1 fully saturated rings. The first kappa shape index (κ1) is 39.3. The van der Waals surface area contributed by atoms with Crippen molar-refractivity contribution in [3.8, 4) is 0 Å². The van der Waals surface area contributed by atoms with E-state index in [0.717, 1.165) is 35.8 Å². The number of aryl methyl sites for hydroxylation is 1. The lowest BCUT2D eigenvalue weighted by atomic mass is 10.2. The third kappa shape index (κ3) is 11.3. The Morgan fingerprint density at radius 2 is 1.88 bits per heavy atom. The second kappa shape index (κ2) is 16.7. The van der Waals surface area contributed by atoms with Gasteiger partial charge in [-0.25, -0.2) is 24.1 Å². The van der Waals surface area contributed by atoms with Gasteiger partial charge in [0.1, 0.15) is 24.2 Å². The predicted octanol–water partition coefficient (Wildman–Crippen LogP) is -3.88. The SMILES string of the molecule is NCCCCn1cnc2c(NCCNC(=O)/C=C/c3cn(C4CC(O)C(COP(=O)([O-])OP(=O)([O-])OP(=O)([O-])[O-])O4)c(=O)[nH]c3=O)ncnc21. The van der Waals surface area contributed by atoms with Crippen LogP contribution in [0.2, 0.25) is 0 Å². The summed E-state index contributed by atoms with van der Waals surface area (Å²) in [6.45, 7) is 0.570. The number of fused-ring (bicyclic) bond motifs is 1. The summed E-state index contributed by atoms with van der Waals surface area (Å²) >= 11 is 0. The molecule has 0 spiro atoms. The van der Waals surface area contributed by atoms with Crippen LogP contribution in [0.3, 0.4) is 0 Å². The van der Waals surface area contributed by atoms with E-state index < -0.39 is 65.7 Å². The summed E-state index contributed by atoms with van der Waals surface area (Å²) in [7, 11) is -18.3. The second-order valence-corrected chi connectivity index (χ2v) is 14.6. The molecule has 24 nitrogen and oxygen atoms in total. The second-order valence-electron chi connectivity index (χ2n) is 10.4. The highest BCUT2D eigenvalue weighted by atomic mass is 31.3. The van der Waals surface area contributed by atoms with Crippen molar-refractivity contribution in [1.82, 2.24) is 34.4 Å². The first-order valence-electron chi connectivity index (χ1n) is 14.4. The minimum absolute atomic E-state index is 0.137.